The zero-order valence-corrected chi connectivity index (χ0v) is 13.0. The lowest BCUT2D eigenvalue weighted by molar-refractivity contribution is -0.121. The second-order valence-corrected chi connectivity index (χ2v) is 6.41. The number of benzene rings is 1. The van der Waals surface area contributed by atoms with E-state index in [9.17, 15) is 9.59 Å². The average Bonchev–Trinajstić information content (AvgIpc) is 3.22. The van der Waals surface area contributed by atoms with Crippen molar-refractivity contribution in [2.45, 2.75) is 58.4 Å². The van der Waals surface area contributed by atoms with Gasteiger partial charge in [-0.25, -0.2) is 0 Å². The van der Waals surface area contributed by atoms with Gasteiger partial charge in [-0.2, -0.15) is 0 Å². The average molecular weight is 287 g/mol. The highest BCUT2D eigenvalue weighted by Gasteiger charge is 2.22. The van der Waals surface area contributed by atoms with Gasteiger partial charge in [0.25, 0.3) is 0 Å². The number of Topliss-reactive ketones (excluding diaryl/α,β-unsaturated/α-hetero) is 1. The fraction of sp³-hybridized carbons (Fsp3) is 0.556. The summed E-state index contributed by atoms with van der Waals surface area (Å²) in [7, 11) is 0. The van der Waals surface area contributed by atoms with Crippen molar-refractivity contribution in [3.63, 3.8) is 0 Å². The van der Waals surface area contributed by atoms with Crippen LogP contribution in [0.25, 0.3) is 0 Å². The minimum atomic E-state index is 0.0811. The number of ketones is 1. The molecule has 0 aromatic heterocycles. The highest BCUT2D eigenvalue weighted by Crippen LogP contribution is 2.19. The first-order valence-electron chi connectivity index (χ1n) is 7.96. The maximum absolute atomic E-state index is 12.1. The monoisotopic (exact) mass is 287 g/mol. The minimum absolute atomic E-state index is 0.0811. The highest BCUT2D eigenvalue weighted by atomic mass is 16.1. The van der Waals surface area contributed by atoms with Crippen molar-refractivity contribution in [3.05, 3.63) is 35.4 Å². The lowest BCUT2D eigenvalue weighted by Crippen LogP contribution is -2.25. The van der Waals surface area contributed by atoms with E-state index in [1.165, 1.54) is 5.56 Å². The van der Waals surface area contributed by atoms with Crippen LogP contribution in [0, 0.1) is 5.92 Å². The number of carbonyl (C=O) groups excluding carboxylic acids is 2. The van der Waals surface area contributed by atoms with Crippen LogP contribution in [0.4, 0.5) is 0 Å². The van der Waals surface area contributed by atoms with E-state index in [1.54, 1.807) is 0 Å². The standard InChI is InChI=1S/C18H25NO2/c1-13(2)12-14-6-8-15(9-7-14)17(20)4-3-5-18(21)19-16-10-11-16/h6-9,13,16H,3-5,10-12H2,1-2H3,(H,19,21). The molecule has 1 aromatic carbocycles. The predicted molar refractivity (Wildman–Crippen MR) is 84.3 cm³/mol. The Hall–Kier alpha value is -1.64. The molecule has 0 radical (unpaired) electrons. The molecule has 0 bridgehead atoms. The van der Waals surface area contributed by atoms with Crippen molar-refractivity contribution >= 4 is 11.7 Å². The maximum atomic E-state index is 12.1. The molecule has 1 amide bonds. The van der Waals surface area contributed by atoms with Crippen molar-refractivity contribution in [3.8, 4) is 0 Å². The summed E-state index contributed by atoms with van der Waals surface area (Å²) in [6.07, 6.45) is 4.77. The quantitative estimate of drug-likeness (QED) is 0.744. The fourth-order valence-electron chi connectivity index (χ4n) is 2.38. The molecule has 1 fully saturated rings. The largest absolute Gasteiger partial charge is 0.353 e. The Bertz CT molecular complexity index is 486. The lowest BCUT2D eigenvalue weighted by Gasteiger charge is -2.06. The molecular weight excluding hydrogens is 262 g/mol. The molecule has 21 heavy (non-hydrogen) atoms. The van der Waals surface area contributed by atoms with Gasteiger partial charge in [0.2, 0.25) is 5.91 Å². The van der Waals surface area contributed by atoms with Crippen molar-refractivity contribution in [1.29, 1.82) is 0 Å². The molecule has 0 atom stereocenters. The Morgan fingerprint density at radius 1 is 1.14 bits per heavy atom. The van der Waals surface area contributed by atoms with Crippen LogP contribution in [-0.4, -0.2) is 17.7 Å². The molecule has 0 spiro atoms. The normalized spacial score (nSPS) is 14.2. The first kappa shape index (κ1) is 15.7. The molecule has 3 heteroatoms. The summed E-state index contributed by atoms with van der Waals surface area (Å²) >= 11 is 0. The summed E-state index contributed by atoms with van der Waals surface area (Å²) < 4.78 is 0. The van der Waals surface area contributed by atoms with Gasteiger partial charge in [-0.15, -0.1) is 0 Å². The zero-order chi connectivity index (χ0) is 15.2. The summed E-state index contributed by atoms with van der Waals surface area (Å²) in [5.41, 5.74) is 2.02. The Morgan fingerprint density at radius 2 is 1.81 bits per heavy atom. The van der Waals surface area contributed by atoms with Crippen molar-refractivity contribution in [1.82, 2.24) is 5.32 Å². The van der Waals surface area contributed by atoms with Crippen LogP contribution in [0.2, 0.25) is 0 Å². The molecule has 1 N–H and O–H groups in total. The van der Waals surface area contributed by atoms with E-state index in [2.05, 4.69) is 19.2 Å². The lowest BCUT2D eigenvalue weighted by atomic mass is 9.99. The fourth-order valence-corrected chi connectivity index (χ4v) is 2.38. The summed E-state index contributed by atoms with van der Waals surface area (Å²) in [6, 6.07) is 8.29. The Kier molecular flexibility index (Phi) is 5.54. The third-order valence-corrected chi connectivity index (χ3v) is 3.67. The highest BCUT2D eigenvalue weighted by molar-refractivity contribution is 5.96. The van der Waals surface area contributed by atoms with Crippen LogP contribution >= 0.6 is 0 Å². The van der Waals surface area contributed by atoms with Gasteiger partial charge in [-0.05, 0) is 37.2 Å². The van der Waals surface area contributed by atoms with Crippen molar-refractivity contribution in [2.75, 3.05) is 0 Å². The van der Waals surface area contributed by atoms with Crippen LogP contribution in [0.5, 0.6) is 0 Å². The molecule has 1 aliphatic carbocycles. The molecule has 0 saturated heterocycles. The van der Waals surface area contributed by atoms with E-state index in [1.807, 2.05) is 24.3 Å². The van der Waals surface area contributed by atoms with Crippen LogP contribution in [0.1, 0.15) is 61.9 Å². The van der Waals surface area contributed by atoms with Crippen LogP contribution in [-0.2, 0) is 11.2 Å². The maximum Gasteiger partial charge on any atom is 0.220 e. The van der Waals surface area contributed by atoms with E-state index < -0.39 is 0 Å². The number of hydrogen-bond acceptors (Lipinski definition) is 2. The second-order valence-electron chi connectivity index (χ2n) is 6.41. The molecular formula is C18H25NO2. The molecule has 1 aromatic rings. The first-order chi connectivity index (χ1) is 10.0. The van der Waals surface area contributed by atoms with Crippen LogP contribution in [0.3, 0.4) is 0 Å². The Labute approximate surface area is 127 Å². The van der Waals surface area contributed by atoms with Gasteiger partial charge < -0.3 is 5.32 Å². The number of nitrogens with one attached hydrogen (secondary N) is 1. The molecule has 1 aliphatic rings. The number of rotatable bonds is 8. The van der Waals surface area contributed by atoms with E-state index in [0.29, 0.717) is 31.2 Å². The van der Waals surface area contributed by atoms with Crippen LogP contribution in [0.15, 0.2) is 24.3 Å². The summed E-state index contributed by atoms with van der Waals surface area (Å²) in [6.45, 7) is 4.37. The van der Waals surface area contributed by atoms with Gasteiger partial charge in [0.15, 0.2) is 5.78 Å². The molecule has 2 rings (SSSR count). The van der Waals surface area contributed by atoms with Crippen molar-refractivity contribution < 1.29 is 9.59 Å². The summed E-state index contributed by atoms with van der Waals surface area (Å²) in [5, 5.41) is 2.94. The van der Waals surface area contributed by atoms with Gasteiger partial charge in [-0.3, -0.25) is 9.59 Å². The first-order valence-corrected chi connectivity index (χ1v) is 7.96. The van der Waals surface area contributed by atoms with Gasteiger partial charge in [0, 0.05) is 24.4 Å². The SMILES string of the molecule is CC(C)Cc1ccc(C(=O)CCCC(=O)NC2CC2)cc1. The third-order valence-electron chi connectivity index (χ3n) is 3.67. The molecule has 3 nitrogen and oxygen atoms in total. The molecule has 0 unspecified atom stereocenters. The van der Waals surface area contributed by atoms with E-state index in [-0.39, 0.29) is 11.7 Å². The Morgan fingerprint density at radius 3 is 2.38 bits per heavy atom. The second kappa shape index (κ2) is 7.39. The number of hydrogen-bond donors (Lipinski definition) is 1. The van der Waals surface area contributed by atoms with E-state index in [0.717, 1.165) is 24.8 Å². The molecule has 0 heterocycles. The summed E-state index contributed by atoms with van der Waals surface area (Å²) in [4.78, 5) is 23.6. The Balaban J connectivity index is 1.73. The van der Waals surface area contributed by atoms with Gasteiger partial charge in [0.05, 0.1) is 0 Å². The topological polar surface area (TPSA) is 46.2 Å². The third kappa shape index (κ3) is 5.70. The van der Waals surface area contributed by atoms with Crippen LogP contribution < -0.4 is 5.32 Å². The smallest absolute Gasteiger partial charge is 0.220 e. The zero-order valence-electron chi connectivity index (χ0n) is 13.0. The van der Waals surface area contributed by atoms with Crippen molar-refractivity contribution in [2.24, 2.45) is 5.92 Å². The molecule has 114 valence electrons. The van der Waals surface area contributed by atoms with Gasteiger partial charge in [0.1, 0.15) is 0 Å². The van der Waals surface area contributed by atoms with E-state index in [4.69, 9.17) is 0 Å². The van der Waals surface area contributed by atoms with Gasteiger partial charge >= 0.3 is 0 Å². The molecule has 1 saturated carbocycles. The van der Waals surface area contributed by atoms with Gasteiger partial charge in [-0.1, -0.05) is 38.1 Å². The minimum Gasteiger partial charge on any atom is -0.353 e. The number of amides is 1. The summed E-state index contributed by atoms with van der Waals surface area (Å²) in [5.74, 6) is 0.833. The predicted octanol–water partition coefficient (Wildman–Crippen LogP) is 3.52. The van der Waals surface area contributed by atoms with E-state index >= 15 is 0 Å². The number of carbonyl (C=O) groups is 2. The molecule has 0 aliphatic heterocycles.